The van der Waals surface area contributed by atoms with E-state index in [2.05, 4.69) is 12.0 Å². The first kappa shape index (κ1) is 15.9. The Hall–Kier alpha value is -2.57. The number of furan rings is 1. The minimum atomic E-state index is -0.262. The van der Waals surface area contributed by atoms with E-state index in [0.29, 0.717) is 17.5 Å². The number of carbonyl (C=O) groups excluding carboxylic acids is 1. The molecule has 1 unspecified atom stereocenters. The zero-order valence-electron chi connectivity index (χ0n) is 14.6. The van der Waals surface area contributed by atoms with Crippen LogP contribution in [-0.2, 0) is 17.8 Å². The summed E-state index contributed by atoms with van der Waals surface area (Å²) in [6, 6.07) is 3.78. The topological polar surface area (TPSA) is 72.8 Å². The Morgan fingerprint density at radius 3 is 2.96 bits per heavy atom. The van der Waals surface area contributed by atoms with E-state index in [-0.39, 0.29) is 24.1 Å². The van der Waals surface area contributed by atoms with Crippen LogP contribution in [0, 0.1) is 0 Å². The Kier molecular flexibility index (Phi) is 3.86. The SMILES string of the molecule is CCc1nn(CC(=O)N2CCCCC2C)c(=O)c2cc3occc3n12. The van der Waals surface area contributed by atoms with Crippen LogP contribution in [0.1, 0.15) is 38.9 Å². The summed E-state index contributed by atoms with van der Waals surface area (Å²) in [6.45, 7) is 4.79. The number of rotatable bonds is 3. The van der Waals surface area contributed by atoms with E-state index < -0.39 is 0 Å². The highest BCUT2D eigenvalue weighted by Gasteiger charge is 2.24. The molecule has 0 aliphatic carbocycles. The Balaban J connectivity index is 1.76. The Morgan fingerprint density at radius 2 is 2.20 bits per heavy atom. The summed E-state index contributed by atoms with van der Waals surface area (Å²) in [5, 5.41) is 4.46. The van der Waals surface area contributed by atoms with Gasteiger partial charge in [0.25, 0.3) is 5.56 Å². The van der Waals surface area contributed by atoms with Crippen LogP contribution in [0.15, 0.2) is 27.6 Å². The lowest BCUT2D eigenvalue weighted by Crippen LogP contribution is -2.45. The van der Waals surface area contributed by atoms with Crippen LogP contribution >= 0.6 is 0 Å². The normalized spacial score (nSPS) is 18.3. The molecule has 0 radical (unpaired) electrons. The molecule has 0 N–H and O–H groups in total. The van der Waals surface area contributed by atoms with Gasteiger partial charge < -0.3 is 9.32 Å². The van der Waals surface area contributed by atoms with Gasteiger partial charge in [-0.3, -0.25) is 14.0 Å². The van der Waals surface area contributed by atoms with Crippen molar-refractivity contribution < 1.29 is 9.21 Å². The number of amides is 1. The van der Waals surface area contributed by atoms with Crippen molar-refractivity contribution in [2.45, 2.75) is 52.1 Å². The van der Waals surface area contributed by atoms with Gasteiger partial charge in [-0.1, -0.05) is 6.92 Å². The molecule has 7 heteroatoms. The fourth-order valence-corrected chi connectivity index (χ4v) is 3.75. The minimum Gasteiger partial charge on any atom is -0.463 e. The second kappa shape index (κ2) is 6.06. The van der Waals surface area contributed by atoms with Gasteiger partial charge in [-0.2, -0.15) is 5.10 Å². The monoisotopic (exact) mass is 342 g/mol. The average molecular weight is 342 g/mol. The van der Waals surface area contributed by atoms with Crippen LogP contribution < -0.4 is 5.56 Å². The van der Waals surface area contributed by atoms with Gasteiger partial charge in [-0.25, -0.2) is 4.68 Å². The fourth-order valence-electron chi connectivity index (χ4n) is 3.75. The largest absolute Gasteiger partial charge is 0.463 e. The van der Waals surface area contributed by atoms with E-state index in [4.69, 9.17) is 4.42 Å². The van der Waals surface area contributed by atoms with Crippen molar-refractivity contribution in [1.82, 2.24) is 19.1 Å². The zero-order chi connectivity index (χ0) is 17.6. The predicted molar refractivity (Wildman–Crippen MR) is 93.6 cm³/mol. The molecule has 4 rings (SSSR count). The molecule has 3 aromatic rings. The maximum absolute atomic E-state index is 12.8. The van der Waals surface area contributed by atoms with Crippen LogP contribution in [-0.4, -0.2) is 37.6 Å². The van der Waals surface area contributed by atoms with Crippen molar-refractivity contribution in [2.75, 3.05) is 6.54 Å². The molecule has 0 saturated carbocycles. The lowest BCUT2D eigenvalue weighted by atomic mass is 10.0. The number of nitrogens with zero attached hydrogens (tertiary/aromatic N) is 4. The Morgan fingerprint density at radius 1 is 1.36 bits per heavy atom. The van der Waals surface area contributed by atoms with Gasteiger partial charge >= 0.3 is 0 Å². The second-order valence-corrected chi connectivity index (χ2v) is 6.70. The van der Waals surface area contributed by atoms with E-state index in [1.807, 2.05) is 22.3 Å². The highest BCUT2D eigenvalue weighted by Crippen LogP contribution is 2.21. The van der Waals surface area contributed by atoms with Crippen molar-refractivity contribution in [3.05, 3.63) is 34.6 Å². The third kappa shape index (κ3) is 2.54. The molecule has 1 aliphatic rings. The number of aryl methyl sites for hydroxylation is 1. The summed E-state index contributed by atoms with van der Waals surface area (Å²) >= 11 is 0. The van der Waals surface area contributed by atoms with Gasteiger partial charge in [0.2, 0.25) is 5.91 Å². The molecule has 4 heterocycles. The zero-order valence-corrected chi connectivity index (χ0v) is 14.6. The van der Waals surface area contributed by atoms with E-state index in [9.17, 15) is 9.59 Å². The van der Waals surface area contributed by atoms with Crippen molar-refractivity contribution in [2.24, 2.45) is 0 Å². The molecule has 0 spiro atoms. The van der Waals surface area contributed by atoms with Crippen LogP contribution in [0.4, 0.5) is 0 Å². The van der Waals surface area contributed by atoms with Gasteiger partial charge in [0.05, 0.1) is 11.8 Å². The lowest BCUT2D eigenvalue weighted by molar-refractivity contribution is -0.135. The highest BCUT2D eigenvalue weighted by molar-refractivity contribution is 5.82. The van der Waals surface area contributed by atoms with Gasteiger partial charge in [0.1, 0.15) is 17.9 Å². The summed E-state index contributed by atoms with van der Waals surface area (Å²) in [5.41, 5.74) is 1.73. The quantitative estimate of drug-likeness (QED) is 0.731. The smallest absolute Gasteiger partial charge is 0.291 e. The molecular formula is C18H22N4O3. The van der Waals surface area contributed by atoms with E-state index >= 15 is 0 Å². The van der Waals surface area contributed by atoms with Gasteiger partial charge in [-0.15, -0.1) is 0 Å². The standard InChI is InChI=1S/C18H22N4O3/c1-3-16-19-21(11-17(23)20-8-5-4-6-12(20)2)18(24)14-10-15-13(22(14)16)7-9-25-15/h7,9-10,12H,3-6,8,11H2,1-2H3. The first-order chi connectivity index (χ1) is 12.1. The van der Waals surface area contributed by atoms with Crippen LogP contribution in [0.3, 0.4) is 0 Å². The summed E-state index contributed by atoms with van der Waals surface area (Å²) in [4.78, 5) is 27.4. The molecule has 1 amide bonds. The molecule has 3 aromatic heterocycles. The fraction of sp³-hybridized carbons (Fsp3) is 0.500. The van der Waals surface area contributed by atoms with Crippen LogP contribution in [0.25, 0.3) is 16.6 Å². The molecule has 0 bridgehead atoms. The minimum absolute atomic E-state index is 0.0147. The average Bonchev–Trinajstić information content (AvgIpc) is 3.19. The van der Waals surface area contributed by atoms with Crippen molar-refractivity contribution in [3.8, 4) is 0 Å². The Bertz CT molecular complexity index is 997. The number of aromatic nitrogens is 3. The van der Waals surface area contributed by atoms with Crippen molar-refractivity contribution >= 4 is 22.5 Å². The molecular weight excluding hydrogens is 320 g/mol. The highest BCUT2D eigenvalue weighted by atomic mass is 16.3. The van der Waals surface area contributed by atoms with Crippen LogP contribution in [0.2, 0.25) is 0 Å². The first-order valence-corrected chi connectivity index (χ1v) is 8.88. The molecule has 1 aliphatic heterocycles. The molecule has 1 fully saturated rings. The van der Waals surface area contributed by atoms with Crippen molar-refractivity contribution in [1.29, 1.82) is 0 Å². The second-order valence-electron chi connectivity index (χ2n) is 6.70. The summed E-state index contributed by atoms with van der Waals surface area (Å²) in [5.74, 6) is 0.703. The molecule has 7 nitrogen and oxygen atoms in total. The van der Waals surface area contributed by atoms with E-state index in [0.717, 1.165) is 37.1 Å². The summed E-state index contributed by atoms with van der Waals surface area (Å²) < 4.78 is 8.54. The lowest BCUT2D eigenvalue weighted by Gasteiger charge is -2.33. The molecule has 1 saturated heterocycles. The number of carbonyl (C=O) groups is 1. The number of likely N-dealkylation sites (tertiary alicyclic amines) is 1. The molecule has 0 aromatic carbocycles. The maximum Gasteiger partial charge on any atom is 0.291 e. The Labute approximate surface area is 144 Å². The van der Waals surface area contributed by atoms with E-state index in [1.165, 1.54) is 4.68 Å². The van der Waals surface area contributed by atoms with Gasteiger partial charge in [0, 0.05) is 31.1 Å². The molecule has 25 heavy (non-hydrogen) atoms. The van der Waals surface area contributed by atoms with Gasteiger partial charge in [-0.05, 0) is 26.2 Å². The summed E-state index contributed by atoms with van der Waals surface area (Å²) in [6.07, 6.45) is 5.44. The predicted octanol–water partition coefficient (Wildman–Crippen LogP) is 2.21. The summed E-state index contributed by atoms with van der Waals surface area (Å²) in [7, 11) is 0. The first-order valence-electron chi connectivity index (χ1n) is 8.88. The number of hydrogen-bond acceptors (Lipinski definition) is 4. The number of piperidine rings is 1. The van der Waals surface area contributed by atoms with Crippen LogP contribution in [0.5, 0.6) is 0 Å². The molecule has 1 atom stereocenters. The number of fused-ring (bicyclic) bond motifs is 3. The third-order valence-corrected chi connectivity index (χ3v) is 5.10. The number of hydrogen-bond donors (Lipinski definition) is 0. The van der Waals surface area contributed by atoms with Crippen molar-refractivity contribution in [3.63, 3.8) is 0 Å². The third-order valence-electron chi connectivity index (χ3n) is 5.10. The van der Waals surface area contributed by atoms with Gasteiger partial charge in [0.15, 0.2) is 5.58 Å². The van der Waals surface area contributed by atoms with E-state index in [1.54, 1.807) is 12.3 Å². The maximum atomic E-state index is 12.8. The molecule has 132 valence electrons.